The SMILES string of the molecule is Cl.O=[N+]([O-])c1ccc(NCCNC/C=C/c2ccccc2)cc1. The number of rotatable bonds is 8. The Morgan fingerprint density at radius 2 is 1.70 bits per heavy atom. The van der Waals surface area contributed by atoms with E-state index in [-0.39, 0.29) is 18.1 Å². The van der Waals surface area contributed by atoms with Gasteiger partial charge in [0, 0.05) is 37.5 Å². The number of nitro groups is 1. The van der Waals surface area contributed by atoms with Crippen molar-refractivity contribution < 1.29 is 4.92 Å². The van der Waals surface area contributed by atoms with Crippen LogP contribution in [-0.2, 0) is 0 Å². The number of hydrogen-bond donors (Lipinski definition) is 2. The van der Waals surface area contributed by atoms with Crippen LogP contribution in [0.5, 0.6) is 0 Å². The molecule has 0 amide bonds. The molecule has 0 saturated heterocycles. The smallest absolute Gasteiger partial charge is 0.269 e. The zero-order valence-electron chi connectivity index (χ0n) is 12.6. The number of anilines is 1. The van der Waals surface area contributed by atoms with Crippen molar-refractivity contribution in [3.05, 3.63) is 76.4 Å². The molecule has 6 heteroatoms. The summed E-state index contributed by atoms with van der Waals surface area (Å²) in [6, 6.07) is 16.6. The molecule has 0 aliphatic carbocycles. The molecule has 23 heavy (non-hydrogen) atoms. The van der Waals surface area contributed by atoms with E-state index in [0.29, 0.717) is 0 Å². The molecular weight excluding hydrogens is 314 g/mol. The van der Waals surface area contributed by atoms with Crippen LogP contribution in [0.4, 0.5) is 11.4 Å². The molecule has 0 fully saturated rings. The van der Waals surface area contributed by atoms with Gasteiger partial charge >= 0.3 is 0 Å². The van der Waals surface area contributed by atoms with Crippen molar-refractivity contribution in [3.8, 4) is 0 Å². The molecule has 2 aromatic rings. The zero-order valence-corrected chi connectivity index (χ0v) is 13.5. The Balaban J connectivity index is 0.00000264. The lowest BCUT2D eigenvalue weighted by molar-refractivity contribution is -0.384. The topological polar surface area (TPSA) is 67.2 Å². The Morgan fingerprint density at radius 1 is 1.00 bits per heavy atom. The lowest BCUT2D eigenvalue weighted by Crippen LogP contribution is -2.22. The molecule has 0 aromatic heterocycles. The summed E-state index contributed by atoms with van der Waals surface area (Å²) >= 11 is 0. The molecule has 0 radical (unpaired) electrons. The van der Waals surface area contributed by atoms with Crippen LogP contribution in [0.3, 0.4) is 0 Å². The molecule has 0 saturated carbocycles. The summed E-state index contributed by atoms with van der Waals surface area (Å²) in [6.07, 6.45) is 4.16. The van der Waals surface area contributed by atoms with Crippen LogP contribution in [0, 0.1) is 10.1 Å². The van der Waals surface area contributed by atoms with Crippen molar-refractivity contribution in [2.24, 2.45) is 0 Å². The molecular formula is C17H20ClN3O2. The summed E-state index contributed by atoms with van der Waals surface area (Å²) in [5.41, 5.74) is 2.18. The van der Waals surface area contributed by atoms with E-state index in [9.17, 15) is 10.1 Å². The molecule has 5 nitrogen and oxygen atoms in total. The van der Waals surface area contributed by atoms with Crippen molar-refractivity contribution in [1.29, 1.82) is 0 Å². The Morgan fingerprint density at radius 3 is 2.35 bits per heavy atom. The van der Waals surface area contributed by atoms with Gasteiger partial charge in [0.25, 0.3) is 5.69 Å². The lowest BCUT2D eigenvalue weighted by atomic mass is 10.2. The molecule has 122 valence electrons. The van der Waals surface area contributed by atoms with Gasteiger partial charge < -0.3 is 10.6 Å². The standard InChI is InChI=1S/C17H19N3O2.ClH/c21-20(22)17-10-8-16(9-11-17)19-14-13-18-12-4-7-15-5-2-1-3-6-15;/h1-11,18-19H,12-14H2;1H/b7-4+;. The van der Waals surface area contributed by atoms with Crippen molar-refractivity contribution in [2.45, 2.75) is 0 Å². The maximum absolute atomic E-state index is 10.5. The predicted octanol–water partition coefficient (Wildman–Crippen LogP) is 3.73. The van der Waals surface area contributed by atoms with Crippen LogP contribution < -0.4 is 10.6 Å². The van der Waals surface area contributed by atoms with E-state index >= 15 is 0 Å². The van der Waals surface area contributed by atoms with Gasteiger partial charge in [-0.15, -0.1) is 12.4 Å². The number of hydrogen-bond acceptors (Lipinski definition) is 4. The number of nitrogens with zero attached hydrogens (tertiary/aromatic N) is 1. The first kappa shape index (κ1) is 18.7. The van der Waals surface area contributed by atoms with Crippen LogP contribution >= 0.6 is 12.4 Å². The summed E-state index contributed by atoms with van der Waals surface area (Å²) in [4.78, 5) is 10.1. The Hall–Kier alpha value is -2.37. The molecule has 2 N–H and O–H groups in total. The number of nitrogens with one attached hydrogen (secondary N) is 2. The van der Waals surface area contributed by atoms with E-state index < -0.39 is 4.92 Å². The zero-order chi connectivity index (χ0) is 15.6. The number of benzene rings is 2. The quantitative estimate of drug-likeness (QED) is 0.439. The largest absolute Gasteiger partial charge is 0.384 e. The minimum Gasteiger partial charge on any atom is -0.384 e. The number of non-ortho nitro benzene ring substituents is 1. The molecule has 0 unspecified atom stereocenters. The van der Waals surface area contributed by atoms with Crippen LogP contribution in [0.25, 0.3) is 6.08 Å². The van der Waals surface area contributed by atoms with Crippen LogP contribution in [0.2, 0.25) is 0 Å². The normalized spacial score (nSPS) is 10.3. The summed E-state index contributed by atoms with van der Waals surface area (Å²) in [7, 11) is 0. The molecule has 0 atom stereocenters. The highest BCUT2D eigenvalue weighted by Gasteiger charge is 2.02. The summed E-state index contributed by atoms with van der Waals surface area (Å²) in [5.74, 6) is 0. The molecule has 0 bridgehead atoms. The maximum Gasteiger partial charge on any atom is 0.269 e. The third-order valence-corrected chi connectivity index (χ3v) is 3.08. The van der Waals surface area contributed by atoms with E-state index in [4.69, 9.17) is 0 Å². The summed E-state index contributed by atoms with van der Waals surface area (Å²) in [5, 5.41) is 17.1. The van der Waals surface area contributed by atoms with Gasteiger partial charge in [0.15, 0.2) is 0 Å². The average molecular weight is 334 g/mol. The summed E-state index contributed by atoms with van der Waals surface area (Å²) in [6.45, 7) is 2.38. The minimum absolute atomic E-state index is 0. The highest BCUT2D eigenvalue weighted by Crippen LogP contribution is 2.14. The Labute approximate surface area is 142 Å². The van der Waals surface area contributed by atoms with Crippen molar-refractivity contribution in [3.63, 3.8) is 0 Å². The second-order valence-electron chi connectivity index (χ2n) is 4.75. The number of nitro benzene ring substituents is 1. The first-order chi connectivity index (χ1) is 10.8. The summed E-state index contributed by atoms with van der Waals surface area (Å²) < 4.78 is 0. The fraction of sp³-hybridized carbons (Fsp3) is 0.176. The van der Waals surface area contributed by atoms with E-state index in [1.54, 1.807) is 12.1 Å². The van der Waals surface area contributed by atoms with Gasteiger partial charge in [0.2, 0.25) is 0 Å². The van der Waals surface area contributed by atoms with Gasteiger partial charge in [-0.1, -0.05) is 42.5 Å². The second-order valence-corrected chi connectivity index (χ2v) is 4.75. The molecule has 2 rings (SSSR count). The highest BCUT2D eigenvalue weighted by atomic mass is 35.5. The van der Waals surface area contributed by atoms with Gasteiger partial charge in [-0.2, -0.15) is 0 Å². The first-order valence-electron chi connectivity index (χ1n) is 7.16. The molecule has 0 spiro atoms. The third-order valence-electron chi connectivity index (χ3n) is 3.08. The minimum atomic E-state index is -0.398. The second kappa shape index (κ2) is 10.4. The average Bonchev–Trinajstić information content (AvgIpc) is 2.55. The van der Waals surface area contributed by atoms with Crippen molar-refractivity contribution >= 4 is 29.9 Å². The van der Waals surface area contributed by atoms with E-state index in [1.165, 1.54) is 17.7 Å². The van der Waals surface area contributed by atoms with Gasteiger partial charge in [-0.05, 0) is 17.7 Å². The Kier molecular flexibility index (Phi) is 8.42. The fourth-order valence-corrected chi connectivity index (χ4v) is 1.94. The first-order valence-corrected chi connectivity index (χ1v) is 7.16. The van der Waals surface area contributed by atoms with Gasteiger partial charge in [0.1, 0.15) is 0 Å². The highest BCUT2D eigenvalue weighted by molar-refractivity contribution is 5.85. The number of halogens is 1. The van der Waals surface area contributed by atoms with Crippen LogP contribution in [0.1, 0.15) is 5.56 Å². The van der Waals surface area contributed by atoms with Crippen molar-refractivity contribution in [2.75, 3.05) is 25.0 Å². The van der Waals surface area contributed by atoms with Gasteiger partial charge in [0.05, 0.1) is 4.92 Å². The lowest BCUT2D eigenvalue weighted by Gasteiger charge is -2.06. The molecule has 0 heterocycles. The van der Waals surface area contributed by atoms with E-state index in [0.717, 1.165) is 25.3 Å². The monoisotopic (exact) mass is 333 g/mol. The van der Waals surface area contributed by atoms with E-state index in [2.05, 4.69) is 34.9 Å². The molecule has 2 aromatic carbocycles. The van der Waals surface area contributed by atoms with E-state index in [1.807, 2.05) is 18.2 Å². The fourth-order valence-electron chi connectivity index (χ4n) is 1.94. The van der Waals surface area contributed by atoms with Crippen LogP contribution in [0.15, 0.2) is 60.7 Å². The molecule has 0 aliphatic rings. The van der Waals surface area contributed by atoms with Gasteiger partial charge in [-0.3, -0.25) is 10.1 Å². The van der Waals surface area contributed by atoms with Gasteiger partial charge in [-0.25, -0.2) is 0 Å². The predicted molar refractivity (Wildman–Crippen MR) is 97.2 cm³/mol. The van der Waals surface area contributed by atoms with Crippen molar-refractivity contribution in [1.82, 2.24) is 5.32 Å². The molecule has 0 aliphatic heterocycles. The van der Waals surface area contributed by atoms with Crippen LogP contribution in [-0.4, -0.2) is 24.6 Å². The Bertz CT molecular complexity index is 615. The third kappa shape index (κ3) is 6.95. The maximum atomic E-state index is 10.5.